The van der Waals surface area contributed by atoms with Crippen LogP contribution in [0.2, 0.25) is 0 Å². The van der Waals surface area contributed by atoms with E-state index in [0.29, 0.717) is 0 Å². The Labute approximate surface area is 111 Å². The molecule has 94 valence electrons. The summed E-state index contributed by atoms with van der Waals surface area (Å²) in [4.78, 5) is 0. The van der Waals surface area contributed by atoms with Gasteiger partial charge in [-0.15, -0.1) is 0 Å². The quantitative estimate of drug-likeness (QED) is 0.678. The molecule has 0 unspecified atom stereocenters. The van der Waals surface area contributed by atoms with Gasteiger partial charge in [0.2, 0.25) is 0 Å². The molecule has 2 N–H and O–H groups in total. The third-order valence-corrected chi connectivity index (χ3v) is 3.41. The highest BCUT2D eigenvalue weighted by atomic mass is 16.3. The summed E-state index contributed by atoms with van der Waals surface area (Å²) in [5, 5.41) is 21.4. The molecule has 0 aliphatic rings. The van der Waals surface area contributed by atoms with Crippen molar-refractivity contribution >= 4 is 10.8 Å². The van der Waals surface area contributed by atoms with E-state index in [1.54, 1.807) is 18.2 Å². The Balaban J connectivity index is 2.36. The van der Waals surface area contributed by atoms with Crippen LogP contribution >= 0.6 is 0 Å². The molecule has 3 rings (SSSR count). The normalized spacial score (nSPS) is 10.8. The highest BCUT2D eigenvalue weighted by Crippen LogP contribution is 2.36. The summed E-state index contributed by atoms with van der Waals surface area (Å²) >= 11 is 0. The van der Waals surface area contributed by atoms with Gasteiger partial charge in [-0.3, -0.25) is 0 Å². The first-order valence-electron chi connectivity index (χ1n) is 6.17. The maximum absolute atomic E-state index is 10.1. The van der Waals surface area contributed by atoms with E-state index in [1.165, 1.54) is 0 Å². The van der Waals surface area contributed by atoms with Crippen molar-refractivity contribution in [1.29, 1.82) is 0 Å². The van der Waals surface area contributed by atoms with Gasteiger partial charge in [-0.1, -0.05) is 36.4 Å². The number of aromatic hydroxyl groups is 2. The molecule has 2 heteroatoms. The lowest BCUT2D eigenvalue weighted by Gasteiger charge is -2.11. The lowest BCUT2D eigenvalue weighted by molar-refractivity contribution is 0.475. The van der Waals surface area contributed by atoms with Crippen molar-refractivity contribution in [2.24, 2.45) is 0 Å². The Hall–Kier alpha value is -2.48. The van der Waals surface area contributed by atoms with E-state index in [1.807, 2.05) is 43.3 Å². The van der Waals surface area contributed by atoms with Crippen molar-refractivity contribution in [2.75, 3.05) is 0 Å². The number of rotatable bonds is 1. The third kappa shape index (κ3) is 1.91. The molecule has 0 aliphatic heterocycles. The Morgan fingerprint density at radius 2 is 1.53 bits per heavy atom. The van der Waals surface area contributed by atoms with Crippen LogP contribution < -0.4 is 0 Å². The first-order valence-corrected chi connectivity index (χ1v) is 6.17. The summed E-state index contributed by atoms with van der Waals surface area (Å²) < 4.78 is 0. The lowest BCUT2D eigenvalue weighted by atomic mass is 9.95. The molecule has 0 saturated carbocycles. The van der Waals surface area contributed by atoms with Crippen LogP contribution in [0.3, 0.4) is 0 Å². The number of phenols is 2. The summed E-state index contributed by atoms with van der Waals surface area (Å²) in [7, 11) is 0. The van der Waals surface area contributed by atoms with Crippen LogP contribution in [0.15, 0.2) is 54.6 Å². The summed E-state index contributed by atoms with van der Waals surface area (Å²) in [6.45, 7) is 2.03. The Kier molecular flexibility index (Phi) is 2.64. The van der Waals surface area contributed by atoms with Gasteiger partial charge in [0.15, 0.2) is 0 Å². The summed E-state index contributed by atoms with van der Waals surface area (Å²) in [6.07, 6.45) is 0. The van der Waals surface area contributed by atoms with Gasteiger partial charge >= 0.3 is 0 Å². The molecular weight excluding hydrogens is 236 g/mol. The molecule has 0 radical (unpaired) electrons. The van der Waals surface area contributed by atoms with Crippen molar-refractivity contribution in [1.82, 2.24) is 0 Å². The number of benzene rings is 3. The second-order valence-electron chi connectivity index (χ2n) is 4.68. The fraction of sp³-hybridized carbons (Fsp3) is 0.0588. The number of phenolic OH excluding ortho intramolecular Hbond substituents is 2. The lowest BCUT2D eigenvalue weighted by Crippen LogP contribution is -1.85. The first kappa shape index (κ1) is 11.6. The maximum Gasteiger partial charge on any atom is 0.124 e. The minimum absolute atomic E-state index is 0.240. The minimum Gasteiger partial charge on any atom is -0.508 e. The van der Waals surface area contributed by atoms with Crippen molar-refractivity contribution in [2.45, 2.75) is 6.92 Å². The number of aryl methyl sites for hydroxylation is 1. The first-order chi connectivity index (χ1) is 9.16. The highest BCUT2D eigenvalue weighted by Gasteiger charge is 2.09. The molecule has 0 heterocycles. The van der Waals surface area contributed by atoms with E-state index in [-0.39, 0.29) is 11.5 Å². The smallest absolute Gasteiger partial charge is 0.124 e. The zero-order valence-corrected chi connectivity index (χ0v) is 10.6. The maximum atomic E-state index is 10.1. The van der Waals surface area contributed by atoms with E-state index >= 15 is 0 Å². The van der Waals surface area contributed by atoms with E-state index in [0.717, 1.165) is 27.5 Å². The third-order valence-electron chi connectivity index (χ3n) is 3.41. The molecule has 0 fully saturated rings. The molecule has 0 saturated heterocycles. The van der Waals surface area contributed by atoms with Gasteiger partial charge in [-0.2, -0.15) is 0 Å². The van der Waals surface area contributed by atoms with Crippen molar-refractivity contribution < 1.29 is 10.2 Å². The van der Waals surface area contributed by atoms with Crippen molar-refractivity contribution in [3.63, 3.8) is 0 Å². The molecular formula is C17H14O2. The van der Waals surface area contributed by atoms with Crippen LogP contribution in [0.4, 0.5) is 0 Å². The standard InChI is InChI=1S/C17H14O2/c1-11-5-10-15(12-6-8-13(18)9-7-12)17-14(11)3-2-4-16(17)19/h2-10,18-19H,1H3. The van der Waals surface area contributed by atoms with Crippen LogP contribution in [-0.4, -0.2) is 10.2 Å². The van der Waals surface area contributed by atoms with Gasteiger partial charge < -0.3 is 10.2 Å². The van der Waals surface area contributed by atoms with Crippen LogP contribution in [0.5, 0.6) is 11.5 Å². The van der Waals surface area contributed by atoms with Crippen molar-refractivity contribution in [3.05, 3.63) is 60.2 Å². The molecule has 19 heavy (non-hydrogen) atoms. The molecule has 3 aromatic rings. The summed E-state index contributed by atoms with van der Waals surface area (Å²) in [5.41, 5.74) is 3.08. The second-order valence-corrected chi connectivity index (χ2v) is 4.68. The molecule has 2 nitrogen and oxygen atoms in total. The molecule has 0 aliphatic carbocycles. The van der Waals surface area contributed by atoms with Gasteiger partial charge in [0.05, 0.1) is 0 Å². The average Bonchev–Trinajstić information content (AvgIpc) is 2.41. The molecule has 0 atom stereocenters. The summed E-state index contributed by atoms with van der Waals surface area (Å²) in [6, 6.07) is 16.6. The molecule has 3 aromatic carbocycles. The minimum atomic E-state index is 0.240. The van der Waals surface area contributed by atoms with Gasteiger partial charge in [-0.05, 0) is 47.2 Å². The average molecular weight is 250 g/mol. The zero-order valence-electron chi connectivity index (χ0n) is 10.6. The fourth-order valence-corrected chi connectivity index (χ4v) is 2.41. The van der Waals surface area contributed by atoms with Gasteiger partial charge in [0.1, 0.15) is 11.5 Å². The van der Waals surface area contributed by atoms with Crippen LogP contribution in [-0.2, 0) is 0 Å². The second kappa shape index (κ2) is 4.32. The van der Waals surface area contributed by atoms with E-state index < -0.39 is 0 Å². The van der Waals surface area contributed by atoms with Gasteiger partial charge in [0, 0.05) is 5.39 Å². The Morgan fingerprint density at radius 3 is 2.26 bits per heavy atom. The Morgan fingerprint density at radius 1 is 0.789 bits per heavy atom. The summed E-state index contributed by atoms with van der Waals surface area (Å²) in [5.74, 6) is 0.522. The van der Waals surface area contributed by atoms with Crippen LogP contribution in [0.1, 0.15) is 5.56 Å². The van der Waals surface area contributed by atoms with Gasteiger partial charge in [0.25, 0.3) is 0 Å². The van der Waals surface area contributed by atoms with E-state index in [9.17, 15) is 10.2 Å². The Bertz CT molecular complexity index is 743. The fourth-order valence-electron chi connectivity index (χ4n) is 2.41. The topological polar surface area (TPSA) is 40.5 Å². The molecule has 0 aromatic heterocycles. The van der Waals surface area contributed by atoms with E-state index in [4.69, 9.17) is 0 Å². The van der Waals surface area contributed by atoms with Crippen molar-refractivity contribution in [3.8, 4) is 22.6 Å². The predicted molar refractivity (Wildman–Crippen MR) is 77.5 cm³/mol. The van der Waals surface area contributed by atoms with E-state index in [2.05, 4.69) is 0 Å². The predicted octanol–water partition coefficient (Wildman–Crippen LogP) is 4.23. The monoisotopic (exact) mass is 250 g/mol. The SMILES string of the molecule is Cc1ccc(-c2ccc(O)cc2)c2c(O)cccc12. The zero-order chi connectivity index (χ0) is 13.4. The number of hydrogen-bond acceptors (Lipinski definition) is 2. The van der Waals surface area contributed by atoms with Gasteiger partial charge in [-0.25, -0.2) is 0 Å². The molecule has 0 bridgehead atoms. The number of fused-ring (bicyclic) bond motifs is 1. The largest absolute Gasteiger partial charge is 0.508 e. The van der Waals surface area contributed by atoms with Crippen LogP contribution in [0, 0.1) is 6.92 Å². The molecule has 0 amide bonds. The van der Waals surface area contributed by atoms with Crippen LogP contribution in [0.25, 0.3) is 21.9 Å². The highest BCUT2D eigenvalue weighted by molar-refractivity contribution is 6.02. The molecule has 0 spiro atoms. The number of hydrogen-bond donors (Lipinski definition) is 2.